The molecule has 1 saturated carbocycles. The molecule has 21 heavy (non-hydrogen) atoms. The Morgan fingerprint density at radius 3 is 2.86 bits per heavy atom. The van der Waals surface area contributed by atoms with Crippen LogP contribution in [-0.4, -0.2) is 29.1 Å². The van der Waals surface area contributed by atoms with Crippen molar-refractivity contribution in [3.63, 3.8) is 0 Å². The Balaban J connectivity index is 1.74. The lowest BCUT2D eigenvalue weighted by atomic mass is 9.57. The van der Waals surface area contributed by atoms with Gasteiger partial charge in [0.1, 0.15) is 5.75 Å². The predicted octanol–water partition coefficient (Wildman–Crippen LogP) is 3.72. The van der Waals surface area contributed by atoms with Gasteiger partial charge in [-0.1, -0.05) is 19.9 Å². The first kappa shape index (κ1) is 13.6. The third-order valence-electron chi connectivity index (χ3n) is 6.64. The van der Waals surface area contributed by atoms with Crippen LogP contribution < -0.4 is 0 Å². The van der Waals surface area contributed by atoms with E-state index >= 15 is 0 Å². The molecule has 0 radical (unpaired) electrons. The van der Waals surface area contributed by atoms with Gasteiger partial charge in [0.15, 0.2) is 0 Å². The standard InChI is InChI=1S/C19H27NO/c1-3-19-8-9-20(12-14-4-5-14)18(13(19)2)10-15-6-7-16(21)11-17(15)19/h6-7,11,13-14,18,21H,3-5,8-10,12H2,1-2H3/t13?,18-,19-/m1/s1. The third-order valence-corrected chi connectivity index (χ3v) is 6.64. The summed E-state index contributed by atoms with van der Waals surface area (Å²) in [4.78, 5) is 2.78. The fraction of sp³-hybridized carbons (Fsp3) is 0.684. The molecule has 0 aromatic heterocycles. The number of phenols is 1. The fourth-order valence-corrected chi connectivity index (χ4v) is 5.09. The molecule has 2 bridgehead atoms. The van der Waals surface area contributed by atoms with Crippen LogP contribution in [0.3, 0.4) is 0 Å². The smallest absolute Gasteiger partial charge is 0.115 e. The highest BCUT2D eigenvalue weighted by molar-refractivity contribution is 5.44. The number of aromatic hydroxyl groups is 1. The molecule has 3 aliphatic rings. The summed E-state index contributed by atoms with van der Waals surface area (Å²) in [5, 5.41) is 9.95. The van der Waals surface area contributed by atoms with E-state index in [0.29, 0.717) is 17.7 Å². The highest BCUT2D eigenvalue weighted by Crippen LogP contribution is 2.52. The number of piperidine rings is 1. The predicted molar refractivity (Wildman–Crippen MR) is 85.6 cm³/mol. The fourth-order valence-electron chi connectivity index (χ4n) is 5.09. The Bertz CT molecular complexity index is 550. The van der Waals surface area contributed by atoms with E-state index in [9.17, 15) is 5.11 Å². The summed E-state index contributed by atoms with van der Waals surface area (Å²) in [6.45, 7) is 7.36. The normalized spacial score (nSPS) is 35.5. The van der Waals surface area contributed by atoms with Crippen LogP contribution in [0.2, 0.25) is 0 Å². The molecule has 114 valence electrons. The van der Waals surface area contributed by atoms with E-state index in [-0.39, 0.29) is 5.41 Å². The van der Waals surface area contributed by atoms with Gasteiger partial charge in [0.05, 0.1) is 0 Å². The number of nitrogens with zero attached hydrogens (tertiary/aromatic N) is 1. The Hall–Kier alpha value is -1.02. The summed E-state index contributed by atoms with van der Waals surface area (Å²) in [6.07, 6.45) is 6.51. The van der Waals surface area contributed by atoms with Crippen LogP contribution in [-0.2, 0) is 11.8 Å². The average molecular weight is 285 g/mol. The Kier molecular flexibility index (Phi) is 3.08. The Morgan fingerprint density at radius 2 is 2.14 bits per heavy atom. The second-order valence-electron chi connectivity index (χ2n) is 7.60. The Morgan fingerprint density at radius 1 is 1.33 bits per heavy atom. The average Bonchev–Trinajstić information content (AvgIpc) is 3.28. The van der Waals surface area contributed by atoms with E-state index < -0.39 is 0 Å². The van der Waals surface area contributed by atoms with Crippen LogP contribution >= 0.6 is 0 Å². The summed E-state index contributed by atoms with van der Waals surface area (Å²) in [5.41, 5.74) is 3.22. The highest BCUT2D eigenvalue weighted by Gasteiger charge is 2.50. The van der Waals surface area contributed by atoms with Gasteiger partial charge in [-0.2, -0.15) is 0 Å². The maximum atomic E-state index is 9.95. The molecule has 1 unspecified atom stereocenters. The number of fused-ring (bicyclic) bond motifs is 4. The first-order valence-corrected chi connectivity index (χ1v) is 8.70. The lowest BCUT2D eigenvalue weighted by Crippen LogP contribution is -2.59. The molecule has 2 nitrogen and oxygen atoms in total. The molecule has 1 saturated heterocycles. The maximum absolute atomic E-state index is 9.95. The van der Waals surface area contributed by atoms with Gasteiger partial charge in [-0.3, -0.25) is 4.90 Å². The molecule has 2 fully saturated rings. The number of phenolic OH excluding ortho intramolecular Hbond substituents is 1. The van der Waals surface area contributed by atoms with Crippen LogP contribution in [0.4, 0.5) is 0 Å². The minimum absolute atomic E-state index is 0.289. The van der Waals surface area contributed by atoms with Crippen LogP contribution in [0.15, 0.2) is 18.2 Å². The summed E-state index contributed by atoms with van der Waals surface area (Å²) in [5.74, 6) is 2.12. The van der Waals surface area contributed by atoms with Crippen molar-refractivity contribution in [3.05, 3.63) is 29.3 Å². The lowest BCUT2D eigenvalue weighted by molar-refractivity contribution is 0.0179. The van der Waals surface area contributed by atoms with Crippen molar-refractivity contribution < 1.29 is 5.11 Å². The quantitative estimate of drug-likeness (QED) is 0.915. The molecule has 1 aromatic carbocycles. The SMILES string of the molecule is CC[C@]12CCN(CC3CC3)[C@H](Cc3ccc(O)cc31)C2C. The molecule has 1 heterocycles. The van der Waals surface area contributed by atoms with Crippen LogP contribution in [0.25, 0.3) is 0 Å². The third kappa shape index (κ3) is 2.03. The van der Waals surface area contributed by atoms with Gasteiger partial charge in [-0.15, -0.1) is 0 Å². The van der Waals surface area contributed by atoms with Crippen molar-refractivity contribution in [1.82, 2.24) is 4.90 Å². The number of hydrogen-bond donors (Lipinski definition) is 1. The van der Waals surface area contributed by atoms with E-state index in [1.165, 1.54) is 56.3 Å². The second kappa shape index (κ2) is 4.74. The first-order valence-electron chi connectivity index (χ1n) is 8.70. The number of likely N-dealkylation sites (tertiary alicyclic amines) is 1. The van der Waals surface area contributed by atoms with Crippen molar-refractivity contribution in [2.45, 2.75) is 57.4 Å². The zero-order chi connectivity index (χ0) is 14.6. The molecular formula is C19H27NO. The van der Waals surface area contributed by atoms with Crippen molar-refractivity contribution >= 4 is 0 Å². The maximum Gasteiger partial charge on any atom is 0.115 e. The molecule has 1 aromatic rings. The van der Waals surface area contributed by atoms with Crippen molar-refractivity contribution in [1.29, 1.82) is 0 Å². The van der Waals surface area contributed by atoms with Crippen LogP contribution in [0, 0.1) is 11.8 Å². The monoisotopic (exact) mass is 285 g/mol. The van der Waals surface area contributed by atoms with Crippen molar-refractivity contribution in [2.75, 3.05) is 13.1 Å². The lowest BCUT2D eigenvalue weighted by Gasteiger charge is -2.56. The number of benzene rings is 1. The van der Waals surface area contributed by atoms with E-state index in [1.807, 2.05) is 6.07 Å². The van der Waals surface area contributed by atoms with Gasteiger partial charge in [0, 0.05) is 18.0 Å². The van der Waals surface area contributed by atoms with E-state index in [0.717, 1.165) is 5.92 Å². The summed E-state index contributed by atoms with van der Waals surface area (Å²) >= 11 is 0. The number of hydrogen-bond acceptors (Lipinski definition) is 2. The van der Waals surface area contributed by atoms with Crippen molar-refractivity contribution in [3.8, 4) is 5.75 Å². The number of rotatable bonds is 3. The second-order valence-corrected chi connectivity index (χ2v) is 7.60. The minimum atomic E-state index is 0.289. The molecular weight excluding hydrogens is 258 g/mol. The minimum Gasteiger partial charge on any atom is -0.508 e. The first-order chi connectivity index (χ1) is 10.1. The van der Waals surface area contributed by atoms with E-state index in [4.69, 9.17) is 0 Å². The molecule has 2 heteroatoms. The van der Waals surface area contributed by atoms with Gasteiger partial charge in [-0.25, -0.2) is 0 Å². The largest absolute Gasteiger partial charge is 0.508 e. The van der Waals surface area contributed by atoms with Gasteiger partial charge < -0.3 is 5.11 Å². The highest BCUT2D eigenvalue weighted by atomic mass is 16.3. The molecule has 1 N–H and O–H groups in total. The topological polar surface area (TPSA) is 23.5 Å². The molecule has 2 aliphatic carbocycles. The molecule has 3 atom stereocenters. The molecule has 4 rings (SSSR count). The zero-order valence-electron chi connectivity index (χ0n) is 13.3. The van der Waals surface area contributed by atoms with Crippen molar-refractivity contribution in [2.24, 2.45) is 11.8 Å². The molecule has 0 spiro atoms. The van der Waals surface area contributed by atoms with Gasteiger partial charge in [-0.05, 0) is 73.7 Å². The van der Waals surface area contributed by atoms with Gasteiger partial charge >= 0.3 is 0 Å². The Labute approximate surface area is 128 Å². The summed E-state index contributed by atoms with van der Waals surface area (Å²) < 4.78 is 0. The van der Waals surface area contributed by atoms with Crippen LogP contribution in [0.1, 0.15) is 50.7 Å². The van der Waals surface area contributed by atoms with E-state index in [2.05, 4.69) is 30.9 Å². The van der Waals surface area contributed by atoms with Crippen LogP contribution in [0.5, 0.6) is 5.75 Å². The summed E-state index contributed by atoms with van der Waals surface area (Å²) in [7, 11) is 0. The molecule has 0 amide bonds. The zero-order valence-corrected chi connectivity index (χ0v) is 13.3. The summed E-state index contributed by atoms with van der Waals surface area (Å²) in [6, 6.07) is 6.81. The van der Waals surface area contributed by atoms with Gasteiger partial charge in [0.2, 0.25) is 0 Å². The molecule has 1 aliphatic heterocycles. The van der Waals surface area contributed by atoms with Gasteiger partial charge in [0.25, 0.3) is 0 Å². The van der Waals surface area contributed by atoms with E-state index in [1.54, 1.807) is 0 Å².